The van der Waals surface area contributed by atoms with E-state index in [9.17, 15) is 4.79 Å². The van der Waals surface area contributed by atoms with Gasteiger partial charge in [0.25, 0.3) is 0 Å². The number of carbonyl (C=O) groups is 1. The van der Waals surface area contributed by atoms with Crippen molar-refractivity contribution in [1.29, 1.82) is 0 Å². The standard InChI is InChI=1S/C19H15NO2Te/c1-22-18(21)16-17(14-8-4-2-5-9-14)20-13-12-19(16,23-20)15-10-6-3-7-11-15/h2-13H,1H3. The molecular weight excluding hydrogens is 402 g/mol. The van der Waals surface area contributed by atoms with Crippen LogP contribution in [-0.4, -0.2) is 37.4 Å². The molecule has 0 aliphatic carbocycles. The van der Waals surface area contributed by atoms with Crippen LogP contribution in [0.3, 0.4) is 0 Å². The van der Waals surface area contributed by atoms with Gasteiger partial charge in [-0.15, -0.1) is 0 Å². The van der Waals surface area contributed by atoms with Gasteiger partial charge < -0.3 is 0 Å². The zero-order chi connectivity index (χ0) is 15.9. The van der Waals surface area contributed by atoms with Crippen LogP contribution in [0.25, 0.3) is 5.70 Å². The van der Waals surface area contributed by atoms with Crippen LogP contribution in [-0.2, 0) is 13.0 Å². The van der Waals surface area contributed by atoms with E-state index in [0.29, 0.717) is 0 Å². The van der Waals surface area contributed by atoms with Crippen molar-refractivity contribution < 1.29 is 9.53 Å². The molecule has 2 bridgehead atoms. The fourth-order valence-corrected chi connectivity index (χ4v) is 6.99. The Kier molecular flexibility index (Phi) is 3.52. The number of fused-ring (bicyclic) bond motifs is 2. The normalized spacial score (nSPS) is 21.9. The molecule has 0 amide bonds. The molecule has 0 spiro atoms. The topological polar surface area (TPSA) is 29.5 Å². The summed E-state index contributed by atoms with van der Waals surface area (Å²) >= 11 is -0.650. The molecule has 3 nitrogen and oxygen atoms in total. The molecule has 0 aromatic heterocycles. The number of methoxy groups -OCH3 is 1. The average molecular weight is 417 g/mol. The molecule has 0 saturated carbocycles. The van der Waals surface area contributed by atoms with Crippen molar-refractivity contribution in [2.75, 3.05) is 7.11 Å². The SMILES string of the molecule is COC(=O)C1=C(c2ccccc2)N2C=CC1(c1ccccc1)[Te]2. The van der Waals surface area contributed by atoms with E-state index in [-0.39, 0.29) is 9.43 Å². The van der Waals surface area contributed by atoms with Crippen LogP contribution in [0, 0.1) is 0 Å². The number of allylic oxidation sites excluding steroid dienone is 1. The fourth-order valence-electron chi connectivity index (χ4n) is 3.12. The van der Waals surface area contributed by atoms with E-state index in [1.165, 1.54) is 12.7 Å². The van der Waals surface area contributed by atoms with Gasteiger partial charge in [0.15, 0.2) is 0 Å². The van der Waals surface area contributed by atoms with Crippen LogP contribution in [0.15, 0.2) is 78.5 Å². The molecule has 2 aromatic carbocycles. The van der Waals surface area contributed by atoms with Gasteiger partial charge in [0, 0.05) is 0 Å². The van der Waals surface area contributed by atoms with Crippen LogP contribution in [0.1, 0.15) is 11.1 Å². The van der Waals surface area contributed by atoms with E-state index in [4.69, 9.17) is 4.74 Å². The molecule has 0 radical (unpaired) electrons. The Morgan fingerprint density at radius 3 is 2.35 bits per heavy atom. The second-order valence-corrected chi connectivity index (χ2v) is 8.90. The number of rotatable bonds is 3. The van der Waals surface area contributed by atoms with Crippen molar-refractivity contribution in [3.63, 3.8) is 0 Å². The summed E-state index contributed by atoms with van der Waals surface area (Å²) < 4.78 is 7.12. The van der Waals surface area contributed by atoms with Crippen LogP contribution in [0.5, 0.6) is 0 Å². The zero-order valence-electron chi connectivity index (χ0n) is 12.6. The van der Waals surface area contributed by atoms with Crippen LogP contribution in [0.4, 0.5) is 0 Å². The summed E-state index contributed by atoms with van der Waals surface area (Å²) in [5.41, 5.74) is 4.03. The summed E-state index contributed by atoms with van der Waals surface area (Å²) in [4.78, 5) is 12.6. The monoisotopic (exact) mass is 419 g/mol. The Morgan fingerprint density at radius 2 is 1.70 bits per heavy atom. The van der Waals surface area contributed by atoms with Crippen LogP contribution < -0.4 is 0 Å². The summed E-state index contributed by atoms with van der Waals surface area (Å²) in [6, 6.07) is 20.4. The Labute approximate surface area is 145 Å². The first-order valence-corrected chi connectivity index (χ1v) is 9.59. The van der Waals surface area contributed by atoms with E-state index in [2.05, 4.69) is 39.7 Å². The van der Waals surface area contributed by atoms with Gasteiger partial charge in [-0.2, -0.15) is 0 Å². The summed E-state index contributed by atoms with van der Waals surface area (Å²) in [5, 5.41) is 0. The van der Waals surface area contributed by atoms with Crippen molar-refractivity contribution in [3.8, 4) is 0 Å². The fraction of sp³-hybridized carbons (Fsp3) is 0.105. The zero-order valence-corrected chi connectivity index (χ0v) is 14.9. The van der Waals surface area contributed by atoms with Crippen molar-refractivity contribution in [2.45, 2.75) is 3.46 Å². The molecular formula is C19H15NO2Te. The molecule has 1 atom stereocenters. The van der Waals surface area contributed by atoms with E-state index in [0.717, 1.165) is 16.8 Å². The molecule has 4 rings (SSSR count). The minimum absolute atomic E-state index is 0.232. The number of hydrogen-bond acceptors (Lipinski definition) is 3. The molecule has 0 N–H and O–H groups in total. The first kappa shape index (κ1) is 14.6. The summed E-state index contributed by atoms with van der Waals surface area (Å²) in [5.74, 6) is -0.232. The quantitative estimate of drug-likeness (QED) is 0.569. The number of benzene rings is 2. The van der Waals surface area contributed by atoms with Gasteiger partial charge in [-0.05, 0) is 0 Å². The number of hydrogen-bond donors (Lipinski definition) is 0. The third-order valence-electron chi connectivity index (χ3n) is 4.15. The van der Waals surface area contributed by atoms with E-state index in [1.54, 1.807) is 0 Å². The van der Waals surface area contributed by atoms with Gasteiger partial charge >= 0.3 is 146 Å². The number of carbonyl (C=O) groups excluding carboxylic acids is 1. The van der Waals surface area contributed by atoms with Crippen LogP contribution in [0.2, 0.25) is 0 Å². The predicted octanol–water partition coefficient (Wildman–Crippen LogP) is 2.93. The molecule has 0 saturated heterocycles. The van der Waals surface area contributed by atoms with Crippen molar-refractivity contribution >= 4 is 32.9 Å². The van der Waals surface area contributed by atoms with Gasteiger partial charge in [0.1, 0.15) is 0 Å². The minimum atomic E-state index is -0.650. The Balaban J connectivity index is 1.96. The summed E-state index contributed by atoms with van der Waals surface area (Å²) in [6.07, 6.45) is 4.30. The number of nitrogens with zero attached hydrogens (tertiary/aromatic N) is 1. The van der Waals surface area contributed by atoms with E-state index in [1.807, 2.05) is 36.4 Å². The third kappa shape index (κ3) is 2.14. The second kappa shape index (κ2) is 5.56. The van der Waals surface area contributed by atoms with Crippen molar-refractivity contribution in [1.82, 2.24) is 3.15 Å². The molecule has 2 aliphatic heterocycles. The summed E-state index contributed by atoms with van der Waals surface area (Å²) in [7, 11) is 1.46. The molecule has 4 heteroatoms. The van der Waals surface area contributed by atoms with Gasteiger partial charge in [-0.1, -0.05) is 0 Å². The maximum absolute atomic E-state index is 12.6. The average Bonchev–Trinajstić information content (AvgIpc) is 3.20. The Hall–Kier alpha value is -2.02. The van der Waals surface area contributed by atoms with Gasteiger partial charge in [0.05, 0.1) is 0 Å². The molecule has 2 heterocycles. The Morgan fingerprint density at radius 1 is 1.04 bits per heavy atom. The van der Waals surface area contributed by atoms with Crippen LogP contribution >= 0.6 is 0 Å². The Bertz CT molecular complexity index is 814. The molecule has 1 unspecified atom stereocenters. The first-order valence-electron chi connectivity index (χ1n) is 7.38. The molecule has 23 heavy (non-hydrogen) atoms. The van der Waals surface area contributed by atoms with Crippen molar-refractivity contribution in [2.24, 2.45) is 0 Å². The van der Waals surface area contributed by atoms with E-state index >= 15 is 0 Å². The maximum atomic E-state index is 12.6. The van der Waals surface area contributed by atoms with E-state index < -0.39 is 21.2 Å². The second-order valence-electron chi connectivity index (χ2n) is 5.42. The molecule has 0 fully saturated rings. The van der Waals surface area contributed by atoms with Gasteiger partial charge in [0.2, 0.25) is 0 Å². The molecule has 114 valence electrons. The molecule has 2 aliphatic rings. The number of esters is 1. The molecule has 2 aromatic rings. The number of ether oxygens (including phenoxy) is 1. The van der Waals surface area contributed by atoms with Gasteiger partial charge in [-0.3, -0.25) is 0 Å². The first-order chi connectivity index (χ1) is 11.3. The third-order valence-corrected chi connectivity index (χ3v) is 8.05. The van der Waals surface area contributed by atoms with Crippen molar-refractivity contribution in [3.05, 3.63) is 89.6 Å². The predicted molar refractivity (Wildman–Crippen MR) is 90.2 cm³/mol. The summed E-state index contributed by atoms with van der Waals surface area (Å²) in [6.45, 7) is 0. The van der Waals surface area contributed by atoms with Gasteiger partial charge in [-0.25, -0.2) is 0 Å².